The van der Waals surface area contributed by atoms with Crippen molar-refractivity contribution in [2.24, 2.45) is 0 Å². The van der Waals surface area contributed by atoms with Gasteiger partial charge in [-0.1, -0.05) is 0 Å². The van der Waals surface area contributed by atoms with Crippen LogP contribution >= 0.6 is 0 Å². The summed E-state index contributed by atoms with van der Waals surface area (Å²) in [6.45, 7) is 2.89. The van der Waals surface area contributed by atoms with Crippen molar-refractivity contribution in [2.45, 2.75) is 30.9 Å². The van der Waals surface area contributed by atoms with Crippen LogP contribution in [0.25, 0.3) is 0 Å². The molecular formula is C13H21N3O4S. The molecule has 1 amide bonds. The van der Waals surface area contributed by atoms with Gasteiger partial charge in [0.1, 0.15) is 5.76 Å². The van der Waals surface area contributed by atoms with Gasteiger partial charge in [-0.05, 0) is 33.9 Å². The van der Waals surface area contributed by atoms with E-state index in [1.807, 2.05) is 7.05 Å². The quantitative estimate of drug-likeness (QED) is 0.835. The molecule has 1 atom stereocenters. The smallest absolute Gasteiger partial charge is 0.273 e. The number of piperidine rings is 1. The molecule has 118 valence electrons. The van der Waals surface area contributed by atoms with Gasteiger partial charge in [0.05, 0.1) is 5.56 Å². The molecule has 2 N–H and O–H groups in total. The van der Waals surface area contributed by atoms with Gasteiger partial charge in [0.2, 0.25) is 5.09 Å². The lowest BCUT2D eigenvalue weighted by Gasteiger charge is -2.32. The molecule has 2 rings (SSSR count). The van der Waals surface area contributed by atoms with E-state index < -0.39 is 10.0 Å². The van der Waals surface area contributed by atoms with Crippen molar-refractivity contribution in [2.75, 3.05) is 27.2 Å². The molecule has 1 aliphatic rings. The molecule has 21 heavy (non-hydrogen) atoms. The number of furan rings is 1. The van der Waals surface area contributed by atoms with Crippen LogP contribution in [-0.2, 0) is 10.0 Å². The first-order valence-corrected chi connectivity index (χ1v) is 8.38. The molecule has 8 heteroatoms. The van der Waals surface area contributed by atoms with Crippen molar-refractivity contribution in [1.82, 2.24) is 14.9 Å². The Kier molecular flexibility index (Phi) is 4.70. The number of hydrogen-bond acceptors (Lipinski definition) is 5. The minimum atomic E-state index is -3.68. The fourth-order valence-electron chi connectivity index (χ4n) is 2.47. The number of aryl methyl sites for hydroxylation is 1. The van der Waals surface area contributed by atoms with Crippen molar-refractivity contribution in [3.63, 3.8) is 0 Å². The minimum Gasteiger partial charge on any atom is -0.448 e. The summed E-state index contributed by atoms with van der Waals surface area (Å²) in [6.07, 6.45) is 1.96. The highest BCUT2D eigenvalue weighted by molar-refractivity contribution is 7.89. The number of rotatable bonds is 4. The third kappa shape index (κ3) is 3.28. The van der Waals surface area contributed by atoms with Crippen LogP contribution in [0.15, 0.2) is 15.6 Å². The molecule has 0 aliphatic carbocycles. The summed E-state index contributed by atoms with van der Waals surface area (Å²) in [6, 6.07) is 1.57. The Hall–Kier alpha value is -1.38. The molecule has 1 saturated heterocycles. The SMILES string of the molecule is CN[C@@H]1CCCN(C(=O)c2cc(S(=O)(=O)NC)oc2C)C1. The highest BCUT2D eigenvalue weighted by atomic mass is 32.2. The van der Waals surface area contributed by atoms with E-state index in [-0.39, 0.29) is 17.0 Å². The van der Waals surface area contributed by atoms with E-state index in [4.69, 9.17) is 4.42 Å². The third-order valence-electron chi connectivity index (χ3n) is 3.78. The van der Waals surface area contributed by atoms with Crippen LogP contribution in [0, 0.1) is 6.92 Å². The van der Waals surface area contributed by atoms with E-state index in [0.29, 0.717) is 24.4 Å². The van der Waals surface area contributed by atoms with E-state index in [1.165, 1.54) is 13.1 Å². The molecular weight excluding hydrogens is 294 g/mol. The Bertz CT molecular complexity index is 623. The topological polar surface area (TPSA) is 91.7 Å². The summed E-state index contributed by atoms with van der Waals surface area (Å²) in [5, 5.41) is 2.94. The van der Waals surface area contributed by atoms with Crippen LogP contribution in [-0.4, -0.2) is 52.5 Å². The molecule has 0 spiro atoms. The van der Waals surface area contributed by atoms with E-state index in [0.717, 1.165) is 12.8 Å². The fourth-order valence-corrected chi connectivity index (χ4v) is 3.18. The second-order valence-electron chi connectivity index (χ2n) is 5.12. The number of amides is 1. The predicted octanol–water partition coefficient (Wildman–Crippen LogP) is 0.320. The molecule has 1 aromatic rings. The van der Waals surface area contributed by atoms with Gasteiger partial charge in [0.25, 0.3) is 15.9 Å². The number of carbonyl (C=O) groups is 1. The van der Waals surface area contributed by atoms with Crippen LogP contribution < -0.4 is 10.0 Å². The first-order valence-electron chi connectivity index (χ1n) is 6.89. The summed E-state index contributed by atoms with van der Waals surface area (Å²) in [4.78, 5) is 14.3. The van der Waals surface area contributed by atoms with Gasteiger partial charge in [-0.15, -0.1) is 0 Å². The van der Waals surface area contributed by atoms with E-state index in [2.05, 4.69) is 10.0 Å². The monoisotopic (exact) mass is 315 g/mol. The summed E-state index contributed by atoms with van der Waals surface area (Å²) < 4.78 is 30.8. The number of nitrogens with one attached hydrogen (secondary N) is 2. The number of likely N-dealkylation sites (N-methyl/N-ethyl adjacent to an activating group) is 1. The number of hydrogen-bond donors (Lipinski definition) is 2. The molecule has 2 heterocycles. The van der Waals surface area contributed by atoms with Crippen molar-refractivity contribution in [3.8, 4) is 0 Å². The lowest BCUT2D eigenvalue weighted by molar-refractivity contribution is 0.0696. The molecule has 0 unspecified atom stereocenters. The van der Waals surface area contributed by atoms with Crippen LogP contribution in [0.3, 0.4) is 0 Å². The number of sulfonamides is 1. The maximum atomic E-state index is 12.5. The Labute approximate surface area is 124 Å². The van der Waals surface area contributed by atoms with Crippen molar-refractivity contribution in [3.05, 3.63) is 17.4 Å². The van der Waals surface area contributed by atoms with Crippen LogP contribution in [0.4, 0.5) is 0 Å². The van der Waals surface area contributed by atoms with Crippen molar-refractivity contribution >= 4 is 15.9 Å². The first-order chi connectivity index (χ1) is 9.89. The van der Waals surface area contributed by atoms with Gasteiger partial charge in [-0.2, -0.15) is 0 Å². The van der Waals surface area contributed by atoms with Gasteiger partial charge >= 0.3 is 0 Å². The van der Waals surface area contributed by atoms with Crippen molar-refractivity contribution in [1.29, 1.82) is 0 Å². The molecule has 1 fully saturated rings. The zero-order valence-corrected chi connectivity index (χ0v) is 13.3. The number of nitrogens with zero attached hydrogens (tertiary/aromatic N) is 1. The van der Waals surface area contributed by atoms with Gasteiger partial charge in [-0.25, -0.2) is 13.1 Å². The van der Waals surface area contributed by atoms with Gasteiger partial charge in [-0.3, -0.25) is 4.79 Å². The summed E-state index contributed by atoms with van der Waals surface area (Å²) >= 11 is 0. The third-order valence-corrected chi connectivity index (χ3v) is 5.04. The Balaban J connectivity index is 2.24. The second-order valence-corrected chi connectivity index (χ2v) is 6.94. The summed E-state index contributed by atoms with van der Waals surface area (Å²) in [5.74, 6) is 0.133. The van der Waals surface area contributed by atoms with Crippen molar-refractivity contribution < 1.29 is 17.6 Å². The fraction of sp³-hybridized carbons (Fsp3) is 0.615. The lowest BCUT2D eigenvalue weighted by atomic mass is 10.0. The molecule has 7 nitrogen and oxygen atoms in total. The van der Waals surface area contributed by atoms with Crippen LogP contribution in [0.5, 0.6) is 0 Å². The average molecular weight is 315 g/mol. The predicted molar refractivity (Wildman–Crippen MR) is 77.7 cm³/mol. The Morgan fingerprint density at radius 3 is 2.76 bits per heavy atom. The number of carbonyl (C=O) groups excluding carboxylic acids is 1. The van der Waals surface area contributed by atoms with E-state index in [9.17, 15) is 13.2 Å². The molecule has 1 aromatic heterocycles. The van der Waals surface area contributed by atoms with Gasteiger partial charge < -0.3 is 14.6 Å². The minimum absolute atomic E-state index is 0.186. The zero-order valence-electron chi connectivity index (χ0n) is 12.5. The Morgan fingerprint density at radius 1 is 1.43 bits per heavy atom. The van der Waals surface area contributed by atoms with Gasteiger partial charge in [0, 0.05) is 25.2 Å². The maximum absolute atomic E-state index is 12.5. The van der Waals surface area contributed by atoms with E-state index in [1.54, 1.807) is 11.8 Å². The molecule has 0 bridgehead atoms. The molecule has 1 aliphatic heterocycles. The highest BCUT2D eigenvalue weighted by Gasteiger charge is 2.28. The standard InChI is InChI=1S/C13H21N3O4S/c1-9-11(7-12(20-9)21(18,19)15-3)13(17)16-6-4-5-10(8-16)14-2/h7,10,14-15H,4-6,8H2,1-3H3/t10-/m1/s1. The van der Waals surface area contributed by atoms with Gasteiger partial charge in [0.15, 0.2) is 0 Å². The maximum Gasteiger partial charge on any atom is 0.273 e. The second kappa shape index (κ2) is 6.17. The lowest BCUT2D eigenvalue weighted by Crippen LogP contribution is -2.47. The summed E-state index contributed by atoms with van der Waals surface area (Å²) in [5.41, 5.74) is 0.306. The zero-order chi connectivity index (χ0) is 15.6. The Morgan fingerprint density at radius 2 is 2.14 bits per heavy atom. The average Bonchev–Trinajstić information content (AvgIpc) is 2.89. The number of likely N-dealkylation sites (tertiary alicyclic amines) is 1. The van der Waals surface area contributed by atoms with E-state index >= 15 is 0 Å². The van der Waals surface area contributed by atoms with Crippen LogP contribution in [0.2, 0.25) is 0 Å². The largest absolute Gasteiger partial charge is 0.448 e. The normalized spacial score (nSPS) is 19.8. The highest BCUT2D eigenvalue weighted by Crippen LogP contribution is 2.22. The first kappa shape index (κ1) is 16.0. The molecule has 0 aromatic carbocycles. The molecule has 0 radical (unpaired) electrons. The summed E-state index contributed by atoms with van der Waals surface area (Å²) in [7, 11) is -0.503. The van der Waals surface area contributed by atoms with Crippen LogP contribution in [0.1, 0.15) is 29.0 Å². The molecule has 0 saturated carbocycles.